The van der Waals surface area contributed by atoms with Crippen molar-refractivity contribution in [1.82, 2.24) is 20.1 Å². The minimum Gasteiger partial charge on any atom is -0.493 e. The molecule has 0 aliphatic carbocycles. The van der Waals surface area contributed by atoms with Crippen LogP contribution in [0.25, 0.3) is 11.4 Å². The van der Waals surface area contributed by atoms with Crippen molar-refractivity contribution in [3.63, 3.8) is 0 Å². The van der Waals surface area contributed by atoms with Gasteiger partial charge in [-0.1, -0.05) is 52.8 Å². The molecule has 0 aliphatic rings. The van der Waals surface area contributed by atoms with Crippen molar-refractivity contribution in [3.05, 3.63) is 71.3 Å². The first kappa shape index (κ1) is 22.4. The summed E-state index contributed by atoms with van der Waals surface area (Å²) in [6, 6.07) is 15.3. The van der Waals surface area contributed by atoms with Gasteiger partial charge in [-0.15, -0.1) is 11.8 Å². The van der Waals surface area contributed by atoms with Crippen molar-refractivity contribution in [2.75, 3.05) is 14.2 Å². The zero-order chi connectivity index (χ0) is 22.3. The fourth-order valence-electron chi connectivity index (χ4n) is 2.87. The molecule has 164 valence electrons. The number of aromatic nitrogens is 4. The second-order valence-corrected chi connectivity index (χ2v) is 8.81. The third-order valence-electron chi connectivity index (χ3n) is 4.41. The Morgan fingerprint density at radius 2 is 1.72 bits per heavy atom. The van der Waals surface area contributed by atoms with E-state index in [0.717, 1.165) is 26.4 Å². The van der Waals surface area contributed by atoms with Crippen LogP contribution in [0.3, 0.4) is 0 Å². The van der Waals surface area contributed by atoms with Gasteiger partial charge in [0.2, 0.25) is 11.7 Å². The first-order valence-electron chi connectivity index (χ1n) is 9.53. The smallest absolute Gasteiger partial charge is 0.237 e. The van der Waals surface area contributed by atoms with Gasteiger partial charge in [0.15, 0.2) is 11.5 Å². The number of rotatable bonds is 9. The molecule has 0 spiro atoms. The molecule has 32 heavy (non-hydrogen) atoms. The topological polar surface area (TPSA) is 83.2 Å². The summed E-state index contributed by atoms with van der Waals surface area (Å²) in [6.07, 6.45) is 1.55. The van der Waals surface area contributed by atoms with Gasteiger partial charge in [0.05, 0.1) is 25.5 Å². The van der Waals surface area contributed by atoms with Gasteiger partial charge >= 0.3 is 0 Å². The molecule has 0 radical (unpaired) electrons. The number of methoxy groups -OCH3 is 2. The fraction of sp³-hybridized carbons (Fsp3) is 0.182. The summed E-state index contributed by atoms with van der Waals surface area (Å²) >= 11 is 9.34. The van der Waals surface area contributed by atoms with E-state index in [0.29, 0.717) is 34.5 Å². The molecule has 4 aromatic rings. The quantitative estimate of drug-likeness (QED) is 0.216. The van der Waals surface area contributed by atoms with Crippen molar-refractivity contribution in [3.8, 4) is 22.9 Å². The monoisotopic (exact) mass is 486 g/mol. The lowest BCUT2D eigenvalue weighted by molar-refractivity contribution is 0.355. The Hall–Kier alpha value is -2.75. The van der Waals surface area contributed by atoms with Crippen LogP contribution in [0.4, 0.5) is 0 Å². The van der Waals surface area contributed by atoms with E-state index in [4.69, 9.17) is 25.6 Å². The molecule has 7 nitrogen and oxygen atoms in total. The van der Waals surface area contributed by atoms with E-state index in [1.807, 2.05) is 48.5 Å². The first-order chi connectivity index (χ1) is 15.7. The summed E-state index contributed by atoms with van der Waals surface area (Å²) in [5.74, 6) is 3.30. The van der Waals surface area contributed by atoms with Gasteiger partial charge in [0.1, 0.15) is 16.4 Å². The fourth-order valence-corrected chi connectivity index (χ4v) is 4.80. The third-order valence-corrected chi connectivity index (χ3v) is 6.66. The number of para-hydroxylation sites is 1. The highest BCUT2D eigenvalue weighted by Gasteiger charge is 2.17. The predicted molar refractivity (Wildman–Crippen MR) is 125 cm³/mol. The van der Waals surface area contributed by atoms with Crippen LogP contribution in [0.15, 0.2) is 69.4 Å². The van der Waals surface area contributed by atoms with E-state index >= 15 is 0 Å². The van der Waals surface area contributed by atoms with Crippen LogP contribution in [0.1, 0.15) is 11.5 Å². The van der Waals surface area contributed by atoms with E-state index in [1.165, 1.54) is 11.8 Å². The number of ether oxygens (including phenoxy) is 2. The molecule has 10 heteroatoms. The molecule has 0 bridgehead atoms. The maximum absolute atomic E-state index is 6.23. The maximum atomic E-state index is 6.23. The summed E-state index contributed by atoms with van der Waals surface area (Å²) in [5, 5.41) is 6.53. The van der Waals surface area contributed by atoms with Gasteiger partial charge in [0, 0.05) is 16.8 Å². The number of halogens is 1. The van der Waals surface area contributed by atoms with Crippen LogP contribution >= 0.6 is 35.1 Å². The molecular weight excluding hydrogens is 468 g/mol. The molecule has 0 amide bonds. The Bertz CT molecular complexity index is 1210. The van der Waals surface area contributed by atoms with Crippen molar-refractivity contribution >= 4 is 35.1 Å². The minimum absolute atomic E-state index is 0.440. The van der Waals surface area contributed by atoms with Gasteiger partial charge < -0.3 is 14.0 Å². The zero-order valence-electron chi connectivity index (χ0n) is 17.3. The molecule has 0 fully saturated rings. The maximum Gasteiger partial charge on any atom is 0.237 e. The lowest BCUT2D eigenvalue weighted by Crippen LogP contribution is -1.94. The lowest BCUT2D eigenvalue weighted by Gasteiger charge is -2.09. The summed E-state index contributed by atoms with van der Waals surface area (Å²) in [4.78, 5) is 13.2. The Kier molecular flexibility index (Phi) is 7.51. The molecule has 0 unspecified atom stereocenters. The summed E-state index contributed by atoms with van der Waals surface area (Å²) in [5.41, 5.74) is 1.77. The molecule has 2 aromatic heterocycles. The van der Waals surface area contributed by atoms with Crippen molar-refractivity contribution in [1.29, 1.82) is 0 Å². The Balaban J connectivity index is 1.40. The Labute approximate surface area is 198 Å². The Morgan fingerprint density at radius 1 is 0.938 bits per heavy atom. The molecule has 2 heterocycles. The molecule has 0 atom stereocenters. The van der Waals surface area contributed by atoms with Crippen LogP contribution in [-0.4, -0.2) is 34.3 Å². The standard InChI is InChI=1S/C22H19ClN4O3S2/c1-28-17-9-5-7-15(21(17)29-2)22-26-18(30-27-22)12-32-20-10-19(24-13-25-20)31-11-14-6-3-4-8-16(14)23/h3-10,13H,11-12H2,1-2H3. The van der Waals surface area contributed by atoms with Crippen molar-refractivity contribution < 1.29 is 14.0 Å². The molecule has 0 saturated heterocycles. The van der Waals surface area contributed by atoms with Gasteiger partial charge in [-0.25, -0.2) is 9.97 Å². The van der Waals surface area contributed by atoms with Gasteiger partial charge in [-0.3, -0.25) is 0 Å². The SMILES string of the molecule is COc1cccc(-c2noc(CSc3cc(SCc4ccccc4Cl)ncn3)n2)c1OC. The molecule has 4 rings (SSSR count). The predicted octanol–water partition coefficient (Wildman–Crippen LogP) is 5.78. The van der Waals surface area contributed by atoms with Crippen LogP contribution in [-0.2, 0) is 11.5 Å². The van der Waals surface area contributed by atoms with E-state index < -0.39 is 0 Å². The van der Waals surface area contributed by atoms with Gasteiger partial charge in [-0.05, 0) is 23.8 Å². The summed E-state index contributed by atoms with van der Waals surface area (Å²) < 4.78 is 16.2. The second kappa shape index (κ2) is 10.7. The number of benzene rings is 2. The molecule has 2 aromatic carbocycles. The molecule has 0 aliphatic heterocycles. The first-order valence-corrected chi connectivity index (χ1v) is 11.9. The minimum atomic E-state index is 0.440. The molecular formula is C22H19ClN4O3S2. The van der Waals surface area contributed by atoms with Crippen LogP contribution in [0, 0.1) is 0 Å². The van der Waals surface area contributed by atoms with Crippen molar-refractivity contribution in [2.45, 2.75) is 21.6 Å². The van der Waals surface area contributed by atoms with E-state index in [2.05, 4.69) is 20.1 Å². The zero-order valence-corrected chi connectivity index (χ0v) is 19.7. The van der Waals surface area contributed by atoms with Gasteiger partial charge in [0.25, 0.3) is 0 Å². The van der Waals surface area contributed by atoms with Gasteiger partial charge in [-0.2, -0.15) is 4.98 Å². The van der Waals surface area contributed by atoms with Crippen LogP contribution in [0.5, 0.6) is 11.5 Å². The van der Waals surface area contributed by atoms with E-state index in [-0.39, 0.29) is 0 Å². The average Bonchev–Trinajstić information content (AvgIpc) is 3.31. The van der Waals surface area contributed by atoms with Crippen LogP contribution < -0.4 is 9.47 Å². The van der Waals surface area contributed by atoms with E-state index in [9.17, 15) is 0 Å². The van der Waals surface area contributed by atoms with Crippen LogP contribution in [0.2, 0.25) is 5.02 Å². The number of nitrogens with zero attached hydrogens (tertiary/aromatic N) is 4. The Morgan fingerprint density at radius 3 is 2.47 bits per heavy atom. The number of thioether (sulfide) groups is 2. The normalized spacial score (nSPS) is 10.8. The lowest BCUT2D eigenvalue weighted by atomic mass is 10.2. The average molecular weight is 487 g/mol. The highest BCUT2D eigenvalue weighted by molar-refractivity contribution is 7.99. The summed E-state index contributed by atoms with van der Waals surface area (Å²) in [6.45, 7) is 0. The van der Waals surface area contributed by atoms with Crippen molar-refractivity contribution in [2.24, 2.45) is 0 Å². The largest absolute Gasteiger partial charge is 0.493 e. The number of hydrogen-bond acceptors (Lipinski definition) is 9. The second-order valence-electron chi connectivity index (χ2n) is 6.42. The molecule has 0 N–H and O–H groups in total. The molecule has 0 saturated carbocycles. The third kappa shape index (κ3) is 5.35. The van der Waals surface area contributed by atoms with E-state index in [1.54, 1.807) is 32.3 Å². The summed E-state index contributed by atoms with van der Waals surface area (Å²) in [7, 11) is 3.16. The highest BCUT2D eigenvalue weighted by atomic mass is 35.5. The number of hydrogen-bond donors (Lipinski definition) is 0. The highest BCUT2D eigenvalue weighted by Crippen LogP contribution is 2.36.